The number of hydrogen-bond donors (Lipinski definition) is 2. The van der Waals surface area contributed by atoms with Gasteiger partial charge in [-0.15, -0.1) is 0 Å². The molecule has 0 spiro atoms. The number of rotatable bonds is 3. The maximum absolute atomic E-state index is 14.0. The predicted molar refractivity (Wildman–Crippen MR) is 80.5 cm³/mol. The Kier molecular flexibility index (Phi) is 3.35. The third-order valence-corrected chi connectivity index (χ3v) is 3.69. The zero-order valence-corrected chi connectivity index (χ0v) is 11.7. The Hall–Kier alpha value is -2.40. The third-order valence-electron chi connectivity index (χ3n) is 3.69. The molecule has 2 heterocycles. The minimum absolute atomic E-state index is 0.0901. The van der Waals surface area contributed by atoms with Crippen molar-refractivity contribution in [2.24, 2.45) is 0 Å². The Morgan fingerprint density at radius 2 is 2.10 bits per heavy atom. The summed E-state index contributed by atoms with van der Waals surface area (Å²) in [5.74, 6) is 0.186. The van der Waals surface area contributed by atoms with E-state index in [9.17, 15) is 4.39 Å². The summed E-state index contributed by atoms with van der Waals surface area (Å²) in [6, 6.07) is 8.67. The van der Waals surface area contributed by atoms with Gasteiger partial charge in [0.2, 0.25) is 0 Å². The van der Waals surface area contributed by atoms with E-state index in [1.54, 1.807) is 6.07 Å². The number of hydrogen-bond acceptors (Lipinski definition) is 3. The normalized spacial score (nSPS) is 11.2. The largest absolute Gasteiger partial charge is 0.396 e. The van der Waals surface area contributed by atoms with Crippen molar-refractivity contribution in [2.45, 2.75) is 13.3 Å². The highest BCUT2D eigenvalue weighted by atomic mass is 19.1. The highest BCUT2D eigenvalue weighted by Gasteiger charge is 2.12. The molecule has 0 radical (unpaired) electrons. The van der Waals surface area contributed by atoms with Crippen molar-refractivity contribution in [1.82, 2.24) is 9.38 Å². The number of aliphatic hydroxyl groups is 1. The molecule has 2 aromatic heterocycles. The molecule has 21 heavy (non-hydrogen) atoms. The quantitative estimate of drug-likeness (QED) is 0.777. The van der Waals surface area contributed by atoms with Crippen LogP contribution in [0, 0.1) is 12.7 Å². The van der Waals surface area contributed by atoms with E-state index >= 15 is 0 Å². The summed E-state index contributed by atoms with van der Waals surface area (Å²) in [6.07, 6.45) is 2.18. The summed E-state index contributed by atoms with van der Waals surface area (Å²) >= 11 is 0. The molecule has 0 aliphatic carbocycles. The minimum Gasteiger partial charge on any atom is -0.396 e. The van der Waals surface area contributed by atoms with E-state index < -0.39 is 0 Å². The molecule has 0 unspecified atom stereocenters. The minimum atomic E-state index is -0.302. The average Bonchev–Trinajstić information content (AvgIpc) is 2.76. The standard InChI is InChI=1S/C16H16FN3O/c1-10-16(18)19-15-6-5-11(9-20(10)15)12-3-2-4-14(17)13(12)7-8-21/h2-6,9,21H,7-8,18H2,1H3. The average molecular weight is 285 g/mol. The zero-order chi connectivity index (χ0) is 15.0. The van der Waals surface area contributed by atoms with Crippen LogP contribution in [0.1, 0.15) is 11.3 Å². The lowest BCUT2D eigenvalue weighted by molar-refractivity contribution is 0.298. The van der Waals surface area contributed by atoms with E-state index in [0.29, 0.717) is 11.4 Å². The Balaban J connectivity index is 2.20. The number of aryl methyl sites for hydroxylation is 1. The van der Waals surface area contributed by atoms with Crippen LogP contribution in [-0.4, -0.2) is 21.1 Å². The van der Waals surface area contributed by atoms with E-state index in [-0.39, 0.29) is 18.8 Å². The first kappa shape index (κ1) is 13.6. The highest BCUT2D eigenvalue weighted by molar-refractivity contribution is 5.69. The molecule has 3 aromatic rings. The van der Waals surface area contributed by atoms with Crippen LogP contribution in [0.3, 0.4) is 0 Å². The van der Waals surface area contributed by atoms with Crippen molar-refractivity contribution in [1.29, 1.82) is 0 Å². The van der Waals surface area contributed by atoms with Crippen molar-refractivity contribution in [3.8, 4) is 11.1 Å². The maximum atomic E-state index is 14.0. The molecule has 0 fully saturated rings. The fraction of sp³-hybridized carbons (Fsp3) is 0.188. The third kappa shape index (κ3) is 2.25. The molecular weight excluding hydrogens is 269 g/mol. The number of nitrogen functional groups attached to an aromatic ring is 1. The Morgan fingerprint density at radius 1 is 1.29 bits per heavy atom. The van der Waals surface area contributed by atoms with Gasteiger partial charge in [0.15, 0.2) is 0 Å². The summed E-state index contributed by atoms with van der Waals surface area (Å²) in [5.41, 5.74) is 9.59. The van der Waals surface area contributed by atoms with Gasteiger partial charge in [0.05, 0.1) is 5.69 Å². The molecule has 0 saturated heterocycles. The van der Waals surface area contributed by atoms with Gasteiger partial charge in [-0.05, 0) is 48.2 Å². The first-order chi connectivity index (χ1) is 10.1. The van der Waals surface area contributed by atoms with E-state index in [4.69, 9.17) is 10.8 Å². The van der Waals surface area contributed by atoms with Gasteiger partial charge in [-0.2, -0.15) is 0 Å². The molecule has 5 heteroatoms. The number of aliphatic hydroxyl groups excluding tert-OH is 1. The SMILES string of the molecule is Cc1c(N)nc2ccc(-c3cccc(F)c3CCO)cn12. The predicted octanol–water partition coefficient (Wildman–Crippen LogP) is 2.57. The molecule has 0 saturated carbocycles. The summed E-state index contributed by atoms with van der Waals surface area (Å²) < 4.78 is 15.9. The van der Waals surface area contributed by atoms with E-state index in [1.807, 2.05) is 35.7 Å². The van der Waals surface area contributed by atoms with Gasteiger partial charge in [-0.25, -0.2) is 9.37 Å². The fourth-order valence-electron chi connectivity index (χ4n) is 2.53. The first-order valence-electron chi connectivity index (χ1n) is 6.74. The second-order valence-electron chi connectivity index (χ2n) is 4.97. The smallest absolute Gasteiger partial charge is 0.145 e. The van der Waals surface area contributed by atoms with Crippen molar-refractivity contribution in [3.05, 3.63) is 53.6 Å². The topological polar surface area (TPSA) is 63.5 Å². The second kappa shape index (κ2) is 5.18. The first-order valence-corrected chi connectivity index (χ1v) is 6.74. The van der Waals surface area contributed by atoms with Crippen LogP contribution in [0.5, 0.6) is 0 Å². The lowest BCUT2D eigenvalue weighted by Gasteiger charge is -2.10. The molecule has 1 aromatic carbocycles. The number of benzene rings is 1. The monoisotopic (exact) mass is 285 g/mol. The fourth-order valence-corrected chi connectivity index (χ4v) is 2.53. The number of fused-ring (bicyclic) bond motifs is 1. The van der Waals surface area contributed by atoms with Crippen LogP contribution in [0.25, 0.3) is 16.8 Å². The highest BCUT2D eigenvalue weighted by Crippen LogP contribution is 2.27. The number of aromatic nitrogens is 2. The van der Waals surface area contributed by atoms with Crippen LogP contribution < -0.4 is 5.73 Å². The molecule has 0 bridgehead atoms. The molecule has 0 atom stereocenters. The summed E-state index contributed by atoms with van der Waals surface area (Å²) in [4.78, 5) is 4.25. The van der Waals surface area contributed by atoms with Gasteiger partial charge in [-0.1, -0.05) is 12.1 Å². The van der Waals surface area contributed by atoms with Crippen LogP contribution in [0.15, 0.2) is 36.5 Å². The molecule has 3 rings (SSSR count). The Morgan fingerprint density at radius 3 is 2.86 bits per heavy atom. The van der Waals surface area contributed by atoms with Gasteiger partial charge < -0.3 is 15.2 Å². The summed E-state index contributed by atoms with van der Waals surface area (Å²) in [7, 11) is 0. The van der Waals surface area contributed by atoms with Crippen LogP contribution in [0.2, 0.25) is 0 Å². The summed E-state index contributed by atoms with van der Waals surface area (Å²) in [5, 5.41) is 9.14. The number of imidazole rings is 1. The molecule has 0 aliphatic heterocycles. The van der Waals surface area contributed by atoms with Crippen LogP contribution in [0.4, 0.5) is 10.2 Å². The van der Waals surface area contributed by atoms with Crippen LogP contribution in [-0.2, 0) is 6.42 Å². The van der Waals surface area contributed by atoms with Crippen molar-refractivity contribution < 1.29 is 9.50 Å². The maximum Gasteiger partial charge on any atom is 0.145 e. The van der Waals surface area contributed by atoms with E-state index in [1.165, 1.54) is 6.07 Å². The van der Waals surface area contributed by atoms with Crippen molar-refractivity contribution in [2.75, 3.05) is 12.3 Å². The molecule has 4 nitrogen and oxygen atoms in total. The summed E-state index contributed by atoms with van der Waals surface area (Å²) in [6.45, 7) is 1.80. The van der Waals surface area contributed by atoms with Gasteiger partial charge in [0, 0.05) is 12.8 Å². The Labute approximate surface area is 121 Å². The zero-order valence-electron chi connectivity index (χ0n) is 11.7. The van der Waals surface area contributed by atoms with E-state index in [2.05, 4.69) is 4.98 Å². The second-order valence-corrected chi connectivity index (χ2v) is 4.97. The van der Waals surface area contributed by atoms with Crippen molar-refractivity contribution >= 4 is 11.5 Å². The Bertz CT molecular complexity index is 811. The molecular formula is C16H16FN3O. The van der Waals surface area contributed by atoms with Gasteiger partial charge >= 0.3 is 0 Å². The number of nitrogens with zero attached hydrogens (tertiary/aromatic N) is 2. The number of halogens is 1. The molecule has 3 N–H and O–H groups in total. The van der Waals surface area contributed by atoms with Gasteiger partial charge in [-0.3, -0.25) is 0 Å². The van der Waals surface area contributed by atoms with Gasteiger partial charge in [0.1, 0.15) is 17.3 Å². The number of pyridine rings is 1. The molecule has 0 aliphatic rings. The van der Waals surface area contributed by atoms with Gasteiger partial charge in [0.25, 0.3) is 0 Å². The lowest BCUT2D eigenvalue weighted by Crippen LogP contribution is -1.99. The molecule has 0 amide bonds. The van der Waals surface area contributed by atoms with Crippen molar-refractivity contribution in [3.63, 3.8) is 0 Å². The number of anilines is 1. The molecule has 108 valence electrons. The van der Waals surface area contributed by atoms with E-state index in [0.717, 1.165) is 22.5 Å². The number of nitrogens with two attached hydrogens (primary N) is 1. The lowest BCUT2D eigenvalue weighted by atomic mass is 9.98. The van der Waals surface area contributed by atoms with Crippen LogP contribution >= 0.6 is 0 Å².